The van der Waals surface area contributed by atoms with Gasteiger partial charge in [0.25, 0.3) is 0 Å². The van der Waals surface area contributed by atoms with E-state index in [2.05, 4.69) is 22.3 Å². The van der Waals surface area contributed by atoms with Crippen LogP contribution in [0.25, 0.3) is 0 Å². The largest absolute Gasteiger partial charge is 0.393 e. The zero-order valence-corrected chi connectivity index (χ0v) is 14.7. The second kappa shape index (κ2) is 8.19. The SMILES string of the molecule is O=C(NC1CCC(O)CC1)N1CCN(Cc2ccc(Cl)cc2)CC1. The van der Waals surface area contributed by atoms with E-state index in [1.54, 1.807) is 0 Å². The van der Waals surface area contributed by atoms with Gasteiger partial charge in [-0.15, -0.1) is 0 Å². The van der Waals surface area contributed by atoms with E-state index in [1.807, 2.05) is 17.0 Å². The number of piperazine rings is 1. The van der Waals surface area contributed by atoms with Gasteiger partial charge in [0.15, 0.2) is 0 Å². The van der Waals surface area contributed by atoms with Gasteiger partial charge in [-0.25, -0.2) is 4.79 Å². The zero-order valence-electron chi connectivity index (χ0n) is 14.0. The second-order valence-corrected chi connectivity index (χ2v) is 7.28. The Morgan fingerprint density at radius 3 is 2.33 bits per heavy atom. The number of halogens is 1. The highest BCUT2D eigenvalue weighted by Gasteiger charge is 2.25. The fourth-order valence-corrected chi connectivity index (χ4v) is 3.57. The van der Waals surface area contributed by atoms with Gasteiger partial charge in [0.2, 0.25) is 0 Å². The number of nitrogens with zero attached hydrogens (tertiary/aromatic N) is 2. The van der Waals surface area contributed by atoms with E-state index in [4.69, 9.17) is 11.6 Å². The fourth-order valence-electron chi connectivity index (χ4n) is 3.44. The molecule has 132 valence electrons. The van der Waals surface area contributed by atoms with Crippen LogP contribution in [0.3, 0.4) is 0 Å². The molecule has 6 heteroatoms. The van der Waals surface area contributed by atoms with Crippen LogP contribution in [0.2, 0.25) is 5.02 Å². The average molecular weight is 352 g/mol. The highest BCUT2D eigenvalue weighted by molar-refractivity contribution is 6.30. The van der Waals surface area contributed by atoms with Crippen LogP contribution >= 0.6 is 11.6 Å². The maximum atomic E-state index is 12.4. The normalized spacial score (nSPS) is 25.5. The first-order chi connectivity index (χ1) is 11.6. The quantitative estimate of drug-likeness (QED) is 0.879. The molecule has 1 aliphatic heterocycles. The van der Waals surface area contributed by atoms with Crippen molar-refractivity contribution in [1.82, 2.24) is 15.1 Å². The number of aliphatic hydroxyl groups is 1. The molecule has 2 fully saturated rings. The molecule has 1 aromatic rings. The van der Waals surface area contributed by atoms with E-state index >= 15 is 0 Å². The summed E-state index contributed by atoms with van der Waals surface area (Å²) >= 11 is 5.92. The Balaban J connectivity index is 1.41. The minimum atomic E-state index is -0.186. The first-order valence-corrected chi connectivity index (χ1v) is 9.18. The summed E-state index contributed by atoms with van der Waals surface area (Å²) in [5.74, 6) is 0. The molecule has 0 bridgehead atoms. The zero-order chi connectivity index (χ0) is 16.9. The molecule has 0 aromatic heterocycles. The van der Waals surface area contributed by atoms with Gasteiger partial charge in [-0.2, -0.15) is 0 Å². The Hall–Kier alpha value is -1.30. The number of carbonyl (C=O) groups excluding carboxylic acids is 1. The van der Waals surface area contributed by atoms with Gasteiger partial charge in [0, 0.05) is 43.8 Å². The number of hydrogen-bond acceptors (Lipinski definition) is 3. The molecule has 0 unspecified atom stereocenters. The number of aliphatic hydroxyl groups excluding tert-OH is 1. The molecule has 1 aromatic carbocycles. The number of nitrogens with one attached hydrogen (secondary N) is 1. The summed E-state index contributed by atoms with van der Waals surface area (Å²) in [6.07, 6.45) is 3.15. The van der Waals surface area contributed by atoms with E-state index in [1.165, 1.54) is 5.56 Å². The molecule has 1 heterocycles. The van der Waals surface area contributed by atoms with E-state index in [0.29, 0.717) is 0 Å². The third-order valence-corrected chi connectivity index (χ3v) is 5.26. The number of rotatable bonds is 3. The first-order valence-electron chi connectivity index (χ1n) is 8.80. The first kappa shape index (κ1) is 17.5. The minimum Gasteiger partial charge on any atom is -0.393 e. The van der Waals surface area contributed by atoms with Crippen molar-refractivity contribution in [3.05, 3.63) is 34.9 Å². The van der Waals surface area contributed by atoms with Gasteiger partial charge in [0.1, 0.15) is 0 Å². The summed E-state index contributed by atoms with van der Waals surface area (Å²) < 4.78 is 0. The van der Waals surface area contributed by atoms with Gasteiger partial charge in [-0.3, -0.25) is 4.90 Å². The minimum absolute atomic E-state index is 0.0440. The van der Waals surface area contributed by atoms with Crippen molar-refractivity contribution in [2.45, 2.75) is 44.4 Å². The third kappa shape index (κ3) is 4.85. The van der Waals surface area contributed by atoms with Crippen molar-refractivity contribution in [2.24, 2.45) is 0 Å². The summed E-state index contributed by atoms with van der Waals surface area (Å²) in [4.78, 5) is 16.6. The lowest BCUT2D eigenvalue weighted by molar-refractivity contribution is 0.109. The van der Waals surface area contributed by atoms with Crippen LogP contribution in [-0.2, 0) is 6.54 Å². The van der Waals surface area contributed by atoms with Gasteiger partial charge >= 0.3 is 6.03 Å². The van der Waals surface area contributed by atoms with E-state index in [0.717, 1.165) is 63.4 Å². The van der Waals surface area contributed by atoms with Gasteiger partial charge < -0.3 is 15.3 Å². The highest BCUT2D eigenvalue weighted by atomic mass is 35.5. The summed E-state index contributed by atoms with van der Waals surface area (Å²) in [6, 6.07) is 8.21. The average Bonchev–Trinajstić information content (AvgIpc) is 2.59. The molecule has 24 heavy (non-hydrogen) atoms. The van der Waals surface area contributed by atoms with Crippen LogP contribution in [0.15, 0.2) is 24.3 Å². The van der Waals surface area contributed by atoms with Crippen molar-refractivity contribution >= 4 is 17.6 Å². The number of amides is 2. The Morgan fingerprint density at radius 2 is 1.71 bits per heavy atom. The summed E-state index contributed by atoms with van der Waals surface area (Å²) in [7, 11) is 0. The third-order valence-electron chi connectivity index (χ3n) is 5.00. The molecule has 0 spiro atoms. The lowest BCUT2D eigenvalue weighted by atomic mass is 9.93. The monoisotopic (exact) mass is 351 g/mol. The number of urea groups is 1. The van der Waals surface area contributed by atoms with Gasteiger partial charge in [-0.05, 0) is 43.4 Å². The maximum Gasteiger partial charge on any atom is 0.317 e. The molecule has 0 radical (unpaired) electrons. The molecule has 3 rings (SSSR count). The van der Waals surface area contributed by atoms with Gasteiger partial charge in [-0.1, -0.05) is 23.7 Å². The van der Waals surface area contributed by atoms with Crippen LogP contribution in [0, 0.1) is 0 Å². The van der Waals surface area contributed by atoms with Crippen molar-refractivity contribution in [1.29, 1.82) is 0 Å². The van der Waals surface area contributed by atoms with E-state index in [-0.39, 0.29) is 18.2 Å². The van der Waals surface area contributed by atoms with Crippen LogP contribution in [0.4, 0.5) is 4.79 Å². The summed E-state index contributed by atoms with van der Waals surface area (Å²) in [5, 5.41) is 13.4. The number of carbonyl (C=O) groups is 1. The molecule has 5 nitrogen and oxygen atoms in total. The Labute approximate surface area is 148 Å². The highest BCUT2D eigenvalue weighted by Crippen LogP contribution is 2.19. The number of benzene rings is 1. The lowest BCUT2D eigenvalue weighted by Crippen LogP contribution is -2.53. The predicted octanol–water partition coefficient (Wildman–Crippen LogP) is 2.47. The molecule has 2 N–H and O–H groups in total. The molecule has 1 saturated heterocycles. The topological polar surface area (TPSA) is 55.8 Å². The van der Waals surface area contributed by atoms with Crippen LogP contribution < -0.4 is 5.32 Å². The molecule has 0 atom stereocenters. The predicted molar refractivity (Wildman–Crippen MR) is 95.1 cm³/mol. The molecule has 1 aliphatic carbocycles. The van der Waals surface area contributed by atoms with Crippen molar-refractivity contribution < 1.29 is 9.90 Å². The lowest BCUT2D eigenvalue weighted by Gasteiger charge is -2.36. The molecule has 1 saturated carbocycles. The smallest absolute Gasteiger partial charge is 0.317 e. The summed E-state index contributed by atoms with van der Waals surface area (Å²) in [6.45, 7) is 4.19. The Kier molecular flexibility index (Phi) is 5.98. The fraction of sp³-hybridized carbons (Fsp3) is 0.611. The van der Waals surface area contributed by atoms with Crippen LogP contribution in [-0.4, -0.2) is 59.3 Å². The number of hydrogen-bond donors (Lipinski definition) is 2. The summed E-state index contributed by atoms with van der Waals surface area (Å²) in [5.41, 5.74) is 1.25. The van der Waals surface area contributed by atoms with E-state index in [9.17, 15) is 9.90 Å². The molecular weight excluding hydrogens is 326 g/mol. The molecule has 2 aliphatic rings. The van der Waals surface area contributed by atoms with Gasteiger partial charge in [0.05, 0.1) is 6.10 Å². The second-order valence-electron chi connectivity index (χ2n) is 6.84. The Bertz CT molecular complexity index is 536. The molecule has 2 amide bonds. The Morgan fingerprint density at radius 1 is 1.08 bits per heavy atom. The van der Waals surface area contributed by atoms with E-state index < -0.39 is 0 Å². The maximum absolute atomic E-state index is 12.4. The molecular formula is C18H26ClN3O2. The van der Waals surface area contributed by atoms with Crippen molar-refractivity contribution in [3.8, 4) is 0 Å². The van der Waals surface area contributed by atoms with Crippen LogP contribution in [0.1, 0.15) is 31.2 Å². The standard InChI is InChI=1S/C18H26ClN3O2/c19-15-3-1-14(2-4-15)13-21-9-11-22(12-10-21)18(24)20-16-5-7-17(23)8-6-16/h1-4,16-17,23H,5-13H2,(H,20,24). The van der Waals surface area contributed by atoms with Crippen molar-refractivity contribution in [2.75, 3.05) is 26.2 Å². The van der Waals surface area contributed by atoms with Crippen molar-refractivity contribution in [3.63, 3.8) is 0 Å². The van der Waals surface area contributed by atoms with Crippen LogP contribution in [0.5, 0.6) is 0 Å².